The standard InChI is InChI=1S/C24H29ClF4N4O4/c1-22(2)14-36-11-10-18(22)32-21(35)23(3,15(12-30-4)13-31-5)33(20(34)19(25)26)16-6-8-17(9-7-16)37-24(27,28)29/h6-9,12-13,18-19H,4,10-11,14H2,1-3,5H3,(H,32,35)/b15-12+,31-13?/t18-,19-,23+/m0/s1. The van der Waals surface area contributed by atoms with Gasteiger partial charge in [-0.15, -0.1) is 13.2 Å². The molecule has 0 saturated carbocycles. The summed E-state index contributed by atoms with van der Waals surface area (Å²) >= 11 is 5.53. The third kappa shape index (κ3) is 7.29. The van der Waals surface area contributed by atoms with Crippen LogP contribution in [0, 0.1) is 5.41 Å². The number of benzene rings is 1. The first kappa shape index (κ1) is 30.2. The molecule has 8 nitrogen and oxygen atoms in total. The summed E-state index contributed by atoms with van der Waals surface area (Å²) in [5, 5.41) is 2.92. The van der Waals surface area contributed by atoms with Crippen LogP contribution in [0.1, 0.15) is 27.2 Å². The SMILES string of the molecule is C=N/C=C(\C=NC)[C@](C)(C(=O)N[C@H]1CCOCC1(C)C)N(C(=O)[C@H](F)Cl)c1ccc(OC(F)(F)F)cc1. The van der Waals surface area contributed by atoms with Crippen molar-refractivity contribution in [3.63, 3.8) is 0 Å². The lowest BCUT2D eigenvalue weighted by molar-refractivity contribution is -0.274. The summed E-state index contributed by atoms with van der Waals surface area (Å²) in [5.41, 5.74) is -5.18. The molecule has 1 aromatic rings. The second-order valence-electron chi connectivity index (χ2n) is 9.10. The molecule has 13 heteroatoms. The van der Waals surface area contributed by atoms with E-state index < -0.39 is 40.5 Å². The van der Waals surface area contributed by atoms with E-state index in [0.717, 1.165) is 29.2 Å². The molecule has 0 aliphatic carbocycles. The van der Waals surface area contributed by atoms with Gasteiger partial charge in [-0.05, 0) is 44.3 Å². The van der Waals surface area contributed by atoms with Gasteiger partial charge in [0.2, 0.25) is 0 Å². The van der Waals surface area contributed by atoms with E-state index in [-0.39, 0.29) is 17.3 Å². The zero-order valence-corrected chi connectivity index (χ0v) is 21.6. The number of aliphatic imine (C=N–C) groups is 2. The summed E-state index contributed by atoms with van der Waals surface area (Å²) in [6.45, 7) is 9.24. The average molecular weight is 549 g/mol. The predicted octanol–water partition coefficient (Wildman–Crippen LogP) is 4.43. The molecular formula is C24H29ClF4N4O4. The number of hydrogen-bond donors (Lipinski definition) is 1. The quantitative estimate of drug-likeness (QED) is 0.281. The Hall–Kier alpha value is -2.99. The van der Waals surface area contributed by atoms with E-state index in [1.165, 1.54) is 26.4 Å². The van der Waals surface area contributed by atoms with Crippen LogP contribution in [-0.4, -0.2) is 68.6 Å². The van der Waals surface area contributed by atoms with Crippen LogP contribution in [0.2, 0.25) is 0 Å². The number of alkyl halides is 5. The van der Waals surface area contributed by atoms with E-state index in [0.29, 0.717) is 19.6 Å². The summed E-state index contributed by atoms with van der Waals surface area (Å²) in [7, 11) is 1.41. The molecule has 3 atom stereocenters. The second kappa shape index (κ2) is 12.0. The number of carbonyl (C=O) groups excluding carboxylic acids is 2. The Bertz CT molecular complexity index is 1040. The van der Waals surface area contributed by atoms with Crippen molar-refractivity contribution in [3.8, 4) is 5.75 Å². The minimum atomic E-state index is -4.95. The first-order chi connectivity index (χ1) is 17.2. The van der Waals surface area contributed by atoms with E-state index in [1.807, 2.05) is 13.8 Å². The van der Waals surface area contributed by atoms with Crippen molar-refractivity contribution in [2.75, 3.05) is 25.2 Å². The van der Waals surface area contributed by atoms with Crippen molar-refractivity contribution in [1.82, 2.24) is 5.32 Å². The van der Waals surface area contributed by atoms with Crippen LogP contribution >= 0.6 is 11.6 Å². The number of ether oxygens (including phenoxy) is 2. The third-order valence-electron chi connectivity index (χ3n) is 5.96. The van der Waals surface area contributed by atoms with E-state index in [9.17, 15) is 27.2 Å². The summed E-state index contributed by atoms with van der Waals surface area (Å²) in [4.78, 5) is 35.5. The van der Waals surface area contributed by atoms with Gasteiger partial charge in [0.05, 0.1) is 6.61 Å². The van der Waals surface area contributed by atoms with Crippen LogP contribution in [0.5, 0.6) is 5.75 Å². The molecule has 0 unspecified atom stereocenters. The monoisotopic (exact) mass is 548 g/mol. The predicted molar refractivity (Wildman–Crippen MR) is 133 cm³/mol. The van der Waals surface area contributed by atoms with E-state index in [1.54, 1.807) is 0 Å². The highest BCUT2D eigenvalue weighted by molar-refractivity contribution is 6.32. The molecule has 204 valence electrons. The topological polar surface area (TPSA) is 92.6 Å². The van der Waals surface area contributed by atoms with Crippen LogP contribution < -0.4 is 15.0 Å². The normalized spacial score (nSPS) is 20.6. The molecule has 1 fully saturated rings. The molecular weight excluding hydrogens is 520 g/mol. The Labute approximate surface area is 217 Å². The van der Waals surface area contributed by atoms with E-state index in [4.69, 9.17) is 16.3 Å². The van der Waals surface area contributed by atoms with Crippen LogP contribution in [0.25, 0.3) is 0 Å². The maximum Gasteiger partial charge on any atom is 0.573 e. The molecule has 1 saturated heterocycles. The third-order valence-corrected chi connectivity index (χ3v) is 6.15. The highest BCUT2D eigenvalue weighted by Crippen LogP contribution is 2.35. The molecule has 1 aliphatic rings. The van der Waals surface area contributed by atoms with Gasteiger partial charge in [-0.1, -0.05) is 25.4 Å². The fourth-order valence-corrected chi connectivity index (χ4v) is 4.08. The van der Waals surface area contributed by atoms with Gasteiger partial charge >= 0.3 is 6.36 Å². The number of hydrogen-bond acceptors (Lipinski definition) is 6. The van der Waals surface area contributed by atoms with Crippen molar-refractivity contribution in [2.45, 2.75) is 50.8 Å². The highest BCUT2D eigenvalue weighted by atomic mass is 35.5. The zero-order chi connectivity index (χ0) is 28.0. The Morgan fingerprint density at radius 1 is 1.32 bits per heavy atom. The number of halogens is 5. The molecule has 0 radical (unpaired) electrons. The minimum absolute atomic E-state index is 0.0358. The Kier molecular flexibility index (Phi) is 9.84. The maximum atomic E-state index is 14.3. The van der Waals surface area contributed by atoms with Crippen molar-refractivity contribution < 1.29 is 36.6 Å². The second-order valence-corrected chi connectivity index (χ2v) is 9.48. The number of carbonyl (C=O) groups is 2. The molecule has 2 rings (SSSR count). The van der Waals surface area contributed by atoms with Crippen LogP contribution in [-0.2, 0) is 14.3 Å². The molecule has 1 aliphatic heterocycles. The number of amides is 2. The zero-order valence-electron chi connectivity index (χ0n) is 20.8. The van der Waals surface area contributed by atoms with Crippen LogP contribution in [0.15, 0.2) is 46.0 Å². The fourth-order valence-electron chi connectivity index (χ4n) is 3.98. The van der Waals surface area contributed by atoms with Gasteiger partial charge in [-0.2, -0.15) is 0 Å². The van der Waals surface area contributed by atoms with E-state index in [2.05, 4.69) is 26.8 Å². The Morgan fingerprint density at radius 2 is 1.95 bits per heavy atom. The Morgan fingerprint density at radius 3 is 2.43 bits per heavy atom. The summed E-state index contributed by atoms with van der Waals surface area (Å²) < 4.78 is 61.6. The van der Waals surface area contributed by atoms with Gasteiger partial charge in [-0.3, -0.25) is 24.5 Å². The molecule has 37 heavy (non-hydrogen) atoms. The van der Waals surface area contributed by atoms with Crippen molar-refractivity contribution in [3.05, 3.63) is 36.0 Å². The molecule has 2 amide bonds. The van der Waals surface area contributed by atoms with Crippen molar-refractivity contribution in [1.29, 1.82) is 0 Å². The van der Waals surface area contributed by atoms with Gasteiger partial charge < -0.3 is 14.8 Å². The molecule has 1 N–H and O–H groups in total. The smallest absolute Gasteiger partial charge is 0.406 e. The highest BCUT2D eigenvalue weighted by Gasteiger charge is 2.49. The maximum absolute atomic E-state index is 14.3. The lowest BCUT2D eigenvalue weighted by Crippen LogP contribution is -2.65. The van der Waals surface area contributed by atoms with Gasteiger partial charge in [0.1, 0.15) is 5.75 Å². The molecule has 1 heterocycles. The van der Waals surface area contributed by atoms with E-state index >= 15 is 0 Å². The average Bonchev–Trinajstić information content (AvgIpc) is 2.80. The number of nitrogens with zero attached hydrogens (tertiary/aromatic N) is 3. The molecule has 1 aromatic carbocycles. The summed E-state index contributed by atoms with van der Waals surface area (Å²) in [6, 6.07) is 3.61. The largest absolute Gasteiger partial charge is 0.573 e. The first-order valence-corrected chi connectivity index (χ1v) is 11.6. The molecule has 0 bridgehead atoms. The van der Waals surface area contributed by atoms with Gasteiger partial charge in [-0.25, -0.2) is 4.39 Å². The van der Waals surface area contributed by atoms with Crippen LogP contribution in [0.4, 0.5) is 23.2 Å². The van der Waals surface area contributed by atoms with Gasteiger partial charge in [0, 0.05) is 48.8 Å². The fraction of sp³-hybridized carbons (Fsp3) is 0.500. The Balaban J connectivity index is 2.69. The number of nitrogens with one attached hydrogen (secondary N) is 1. The van der Waals surface area contributed by atoms with Crippen molar-refractivity contribution in [2.24, 2.45) is 15.4 Å². The minimum Gasteiger partial charge on any atom is -0.406 e. The lowest BCUT2D eigenvalue weighted by atomic mass is 9.80. The lowest BCUT2D eigenvalue weighted by Gasteiger charge is -2.44. The summed E-state index contributed by atoms with van der Waals surface area (Å²) in [6.07, 6.45) is -2.07. The van der Waals surface area contributed by atoms with Crippen molar-refractivity contribution >= 4 is 42.0 Å². The molecule has 0 aromatic heterocycles. The summed E-state index contributed by atoms with van der Waals surface area (Å²) in [5.74, 6) is -2.65. The van der Waals surface area contributed by atoms with Gasteiger partial charge in [0.25, 0.3) is 17.4 Å². The first-order valence-electron chi connectivity index (χ1n) is 11.1. The van der Waals surface area contributed by atoms with Crippen LogP contribution in [0.3, 0.4) is 0 Å². The number of anilines is 1. The van der Waals surface area contributed by atoms with Gasteiger partial charge in [0.15, 0.2) is 5.54 Å². The number of rotatable bonds is 9. The molecule has 0 spiro atoms.